The van der Waals surface area contributed by atoms with Gasteiger partial charge in [0.05, 0.1) is 5.56 Å². The molecule has 6 nitrogen and oxygen atoms in total. The standard InChI is InChI=1S/C18H17ClN2O4S/c1-10-6-14(7-11(2)16(10)19)25-9-15(22)21-18(26)20-13-5-3-4-12(8-13)17(23)24/h3-8H,9H2,1-2H3,(H,23,24)(H2,20,21,22,26). The monoisotopic (exact) mass is 392 g/mol. The summed E-state index contributed by atoms with van der Waals surface area (Å²) in [6.07, 6.45) is 0. The van der Waals surface area contributed by atoms with E-state index in [2.05, 4.69) is 10.6 Å². The normalized spacial score (nSPS) is 10.1. The van der Waals surface area contributed by atoms with Crippen molar-refractivity contribution >= 4 is 46.5 Å². The molecule has 2 aromatic carbocycles. The van der Waals surface area contributed by atoms with E-state index in [1.807, 2.05) is 13.8 Å². The summed E-state index contributed by atoms with van der Waals surface area (Å²) in [5.74, 6) is -0.958. The Balaban J connectivity index is 1.88. The van der Waals surface area contributed by atoms with Crippen molar-refractivity contribution in [1.29, 1.82) is 0 Å². The Morgan fingerprint density at radius 1 is 1.19 bits per heavy atom. The van der Waals surface area contributed by atoms with E-state index in [4.69, 9.17) is 33.7 Å². The van der Waals surface area contributed by atoms with E-state index in [0.29, 0.717) is 16.5 Å². The zero-order valence-corrected chi connectivity index (χ0v) is 15.7. The van der Waals surface area contributed by atoms with Gasteiger partial charge in [0.15, 0.2) is 11.7 Å². The quantitative estimate of drug-likeness (QED) is 0.674. The molecule has 2 aromatic rings. The summed E-state index contributed by atoms with van der Waals surface area (Å²) in [4.78, 5) is 22.9. The molecule has 8 heteroatoms. The molecule has 0 bridgehead atoms. The number of rotatable bonds is 5. The van der Waals surface area contributed by atoms with Gasteiger partial charge in [0, 0.05) is 10.7 Å². The Hall–Kier alpha value is -2.64. The second kappa shape index (κ2) is 8.64. The number of hydrogen-bond donors (Lipinski definition) is 3. The molecule has 0 unspecified atom stereocenters. The molecule has 0 aliphatic carbocycles. The number of hydrogen-bond acceptors (Lipinski definition) is 4. The van der Waals surface area contributed by atoms with E-state index in [-0.39, 0.29) is 17.3 Å². The number of aryl methyl sites for hydroxylation is 2. The highest BCUT2D eigenvalue weighted by molar-refractivity contribution is 7.80. The van der Waals surface area contributed by atoms with E-state index >= 15 is 0 Å². The molecule has 26 heavy (non-hydrogen) atoms. The van der Waals surface area contributed by atoms with Crippen LogP contribution >= 0.6 is 23.8 Å². The highest BCUT2D eigenvalue weighted by Crippen LogP contribution is 2.25. The topological polar surface area (TPSA) is 87.7 Å². The summed E-state index contributed by atoms with van der Waals surface area (Å²) in [5, 5.41) is 14.9. The summed E-state index contributed by atoms with van der Waals surface area (Å²) in [5.41, 5.74) is 2.29. The number of amides is 1. The van der Waals surface area contributed by atoms with Crippen molar-refractivity contribution in [3.63, 3.8) is 0 Å². The highest BCUT2D eigenvalue weighted by atomic mass is 35.5. The van der Waals surface area contributed by atoms with E-state index in [1.54, 1.807) is 24.3 Å². The van der Waals surface area contributed by atoms with Gasteiger partial charge in [-0.3, -0.25) is 10.1 Å². The van der Waals surface area contributed by atoms with Gasteiger partial charge in [-0.05, 0) is 67.5 Å². The van der Waals surface area contributed by atoms with Gasteiger partial charge in [0.1, 0.15) is 5.75 Å². The van der Waals surface area contributed by atoms with Gasteiger partial charge in [-0.2, -0.15) is 0 Å². The lowest BCUT2D eigenvalue weighted by Crippen LogP contribution is -2.37. The van der Waals surface area contributed by atoms with Gasteiger partial charge < -0.3 is 15.2 Å². The average Bonchev–Trinajstić information content (AvgIpc) is 2.57. The van der Waals surface area contributed by atoms with Crippen molar-refractivity contribution in [2.75, 3.05) is 11.9 Å². The second-order valence-electron chi connectivity index (χ2n) is 5.55. The largest absolute Gasteiger partial charge is 0.484 e. The number of carbonyl (C=O) groups is 2. The molecule has 2 rings (SSSR count). The van der Waals surface area contributed by atoms with Crippen molar-refractivity contribution in [2.45, 2.75) is 13.8 Å². The zero-order chi connectivity index (χ0) is 19.3. The van der Waals surface area contributed by atoms with Crippen LogP contribution in [0.1, 0.15) is 21.5 Å². The van der Waals surface area contributed by atoms with Crippen LogP contribution < -0.4 is 15.4 Å². The summed E-state index contributed by atoms with van der Waals surface area (Å²) in [6, 6.07) is 9.58. The molecular formula is C18H17ClN2O4S. The third kappa shape index (κ3) is 5.44. The van der Waals surface area contributed by atoms with E-state index < -0.39 is 11.9 Å². The third-order valence-electron chi connectivity index (χ3n) is 3.40. The summed E-state index contributed by atoms with van der Waals surface area (Å²) in [6.45, 7) is 3.48. The average molecular weight is 393 g/mol. The number of carbonyl (C=O) groups excluding carboxylic acids is 1. The fraction of sp³-hybridized carbons (Fsp3) is 0.167. The Bertz CT molecular complexity index is 847. The smallest absolute Gasteiger partial charge is 0.335 e. The van der Waals surface area contributed by atoms with Crippen molar-refractivity contribution < 1.29 is 19.4 Å². The first-order valence-corrected chi connectivity index (χ1v) is 8.38. The molecule has 3 N–H and O–H groups in total. The van der Waals surface area contributed by atoms with E-state index in [9.17, 15) is 9.59 Å². The maximum Gasteiger partial charge on any atom is 0.335 e. The molecule has 0 atom stereocenters. The van der Waals surface area contributed by atoms with Crippen molar-refractivity contribution in [1.82, 2.24) is 5.32 Å². The Labute approximate surface area is 161 Å². The minimum Gasteiger partial charge on any atom is -0.484 e. The van der Waals surface area contributed by atoms with Crippen LogP contribution in [0, 0.1) is 13.8 Å². The predicted molar refractivity (Wildman–Crippen MR) is 104 cm³/mol. The number of ether oxygens (including phenoxy) is 1. The number of halogens is 1. The van der Waals surface area contributed by atoms with Gasteiger partial charge in [0.25, 0.3) is 5.91 Å². The van der Waals surface area contributed by atoms with Gasteiger partial charge in [-0.1, -0.05) is 17.7 Å². The fourth-order valence-electron chi connectivity index (χ4n) is 2.19. The lowest BCUT2D eigenvalue weighted by molar-refractivity contribution is -0.121. The third-order valence-corrected chi connectivity index (χ3v) is 4.20. The molecule has 0 radical (unpaired) electrons. The first kappa shape index (κ1) is 19.7. The summed E-state index contributed by atoms with van der Waals surface area (Å²) < 4.78 is 5.45. The van der Waals surface area contributed by atoms with Gasteiger partial charge in [-0.15, -0.1) is 0 Å². The molecule has 0 fully saturated rings. The van der Waals surface area contributed by atoms with E-state index in [1.165, 1.54) is 12.1 Å². The molecule has 0 heterocycles. The summed E-state index contributed by atoms with van der Waals surface area (Å²) >= 11 is 11.1. The molecule has 0 saturated carbocycles. The number of anilines is 1. The lowest BCUT2D eigenvalue weighted by Gasteiger charge is -2.12. The van der Waals surface area contributed by atoms with Crippen molar-refractivity contribution in [3.8, 4) is 5.75 Å². The summed E-state index contributed by atoms with van der Waals surface area (Å²) in [7, 11) is 0. The van der Waals surface area contributed by atoms with Crippen LogP contribution in [0.4, 0.5) is 5.69 Å². The van der Waals surface area contributed by atoms with Crippen LogP contribution in [0.3, 0.4) is 0 Å². The van der Waals surface area contributed by atoms with Gasteiger partial charge in [-0.25, -0.2) is 4.79 Å². The SMILES string of the molecule is Cc1cc(OCC(=O)NC(=S)Nc2cccc(C(=O)O)c2)cc(C)c1Cl. The Kier molecular flexibility index (Phi) is 6.54. The fourth-order valence-corrected chi connectivity index (χ4v) is 2.53. The maximum atomic E-state index is 11.9. The number of thiocarbonyl (C=S) groups is 1. The number of nitrogens with one attached hydrogen (secondary N) is 2. The van der Waals surface area contributed by atoms with Crippen LogP contribution in [0.25, 0.3) is 0 Å². The lowest BCUT2D eigenvalue weighted by atomic mass is 10.1. The molecule has 1 amide bonds. The first-order chi connectivity index (χ1) is 12.3. The van der Waals surface area contributed by atoms with Crippen LogP contribution in [0.2, 0.25) is 5.02 Å². The van der Waals surface area contributed by atoms with Gasteiger partial charge >= 0.3 is 5.97 Å². The highest BCUT2D eigenvalue weighted by Gasteiger charge is 2.09. The molecular weight excluding hydrogens is 376 g/mol. The minimum atomic E-state index is -1.05. The molecule has 136 valence electrons. The minimum absolute atomic E-state index is 0.0459. The van der Waals surface area contributed by atoms with Crippen molar-refractivity contribution in [2.24, 2.45) is 0 Å². The van der Waals surface area contributed by atoms with Crippen LogP contribution in [0.15, 0.2) is 36.4 Å². The van der Waals surface area contributed by atoms with Gasteiger partial charge in [0.2, 0.25) is 0 Å². The number of carboxylic acid groups (broad SMARTS) is 1. The molecule has 0 aliphatic rings. The van der Waals surface area contributed by atoms with Crippen LogP contribution in [-0.4, -0.2) is 28.7 Å². The number of benzene rings is 2. The number of aromatic carboxylic acids is 1. The Morgan fingerprint density at radius 3 is 2.46 bits per heavy atom. The molecule has 0 aliphatic heterocycles. The van der Waals surface area contributed by atoms with E-state index in [0.717, 1.165) is 11.1 Å². The number of carboxylic acids is 1. The van der Waals surface area contributed by atoms with Crippen molar-refractivity contribution in [3.05, 3.63) is 58.1 Å². The maximum absolute atomic E-state index is 11.9. The predicted octanol–water partition coefficient (Wildman–Crippen LogP) is 3.55. The zero-order valence-electron chi connectivity index (χ0n) is 14.1. The Morgan fingerprint density at radius 2 is 1.85 bits per heavy atom. The first-order valence-electron chi connectivity index (χ1n) is 7.60. The van der Waals surface area contributed by atoms with Crippen LogP contribution in [0.5, 0.6) is 5.75 Å². The second-order valence-corrected chi connectivity index (χ2v) is 6.33. The molecule has 0 aromatic heterocycles. The van der Waals surface area contributed by atoms with Crippen LogP contribution in [-0.2, 0) is 4.79 Å². The molecule has 0 spiro atoms. The molecule has 0 saturated heterocycles.